The summed E-state index contributed by atoms with van der Waals surface area (Å²) in [6.07, 6.45) is -0.0897. The molecule has 3 N–H and O–H groups in total. The predicted octanol–water partition coefficient (Wildman–Crippen LogP) is 3.73. The van der Waals surface area contributed by atoms with E-state index in [1.54, 1.807) is 24.3 Å². The summed E-state index contributed by atoms with van der Waals surface area (Å²) in [4.78, 5) is 36.4. The van der Waals surface area contributed by atoms with Crippen molar-refractivity contribution in [2.24, 2.45) is 0 Å². The third-order valence-electron chi connectivity index (χ3n) is 4.86. The Hall–Kier alpha value is -3.65. The first-order valence-corrected chi connectivity index (χ1v) is 9.50. The topological polar surface area (TPSA) is 113 Å². The highest BCUT2D eigenvalue weighted by molar-refractivity contribution is 6.30. The van der Waals surface area contributed by atoms with Gasteiger partial charge in [-0.25, -0.2) is 9.48 Å². The number of anilines is 2. The number of halogens is 1. The minimum atomic E-state index is -1.10. The molecule has 3 aromatic rings. The molecule has 30 heavy (non-hydrogen) atoms. The molecule has 8 nitrogen and oxygen atoms in total. The van der Waals surface area contributed by atoms with Gasteiger partial charge in [0, 0.05) is 21.8 Å². The molecule has 0 fully saturated rings. The van der Waals surface area contributed by atoms with Crippen LogP contribution in [0.3, 0.4) is 0 Å². The number of carboxylic acid groups (broad SMARTS) is 1. The maximum Gasteiger partial charge on any atom is 0.335 e. The molecule has 4 rings (SSSR count). The van der Waals surface area contributed by atoms with E-state index in [0.29, 0.717) is 22.2 Å². The van der Waals surface area contributed by atoms with E-state index < -0.39 is 17.9 Å². The van der Waals surface area contributed by atoms with Crippen molar-refractivity contribution in [3.05, 3.63) is 64.7 Å². The number of nitrogens with zero attached hydrogens (tertiary/aromatic N) is 2. The largest absolute Gasteiger partial charge is 0.478 e. The Balaban J connectivity index is 1.69. The maximum atomic E-state index is 12.9. The number of nitrogens with one attached hydrogen (secondary N) is 2. The summed E-state index contributed by atoms with van der Waals surface area (Å²) in [5.74, 6) is -1.42. The van der Waals surface area contributed by atoms with Gasteiger partial charge in [0.1, 0.15) is 11.9 Å². The van der Waals surface area contributed by atoms with Crippen LogP contribution in [0.2, 0.25) is 5.02 Å². The Morgan fingerprint density at radius 2 is 2.00 bits per heavy atom. The fourth-order valence-electron chi connectivity index (χ4n) is 3.41. The zero-order valence-corrected chi connectivity index (χ0v) is 16.6. The van der Waals surface area contributed by atoms with E-state index in [1.165, 1.54) is 22.9 Å². The van der Waals surface area contributed by atoms with Gasteiger partial charge in [0.25, 0.3) is 0 Å². The van der Waals surface area contributed by atoms with Gasteiger partial charge in [0.05, 0.1) is 17.7 Å². The average Bonchev–Trinajstić information content (AvgIpc) is 3.04. The Morgan fingerprint density at radius 3 is 2.73 bits per heavy atom. The van der Waals surface area contributed by atoms with Gasteiger partial charge >= 0.3 is 5.97 Å². The van der Waals surface area contributed by atoms with Crippen molar-refractivity contribution >= 4 is 40.9 Å². The third kappa shape index (κ3) is 3.65. The van der Waals surface area contributed by atoms with Crippen LogP contribution < -0.4 is 10.6 Å². The second-order valence-electron chi connectivity index (χ2n) is 6.92. The number of hydrogen-bond acceptors (Lipinski definition) is 4. The average molecular weight is 425 g/mol. The van der Waals surface area contributed by atoms with E-state index in [0.717, 1.165) is 11.1 Å². The number of aromatic carboxylic acids is 1. The number of amides is 2. The number of carbonyl (C=O) groups is 3. The summed E-state index contributed by atoms with van der Waals surface area (Å²) in [6.45, 7) is 1.81. The first-order chi connectivity index (χ1) is 14.3. The molecule has 2 amide bonds. The van der Waals surface area contributed by atoms with Crippen molar-refractivity contribution in [1.82, 2.24) is 9.78 Å². The van der Waals surface area contributed by atoms with Gasteiger partial charge in [-0.15, -0.1) is 0 Å². The number of carbonyl (C=O) groups excluding carboxylic acids is 2. The van der Waals surface area contributed by atoms with Crippen LogP contribution in [-0.2, 0) is 9.59 Å². The molecule has 2 heterocycles. The molecule has 0 unspecified atom stereocenters. The summed E-state index contributed by atoms with van der Waals surface area (Å²) >= 11 is 6.09. The minimum absolute atomic E-state index is 0.0491. The van der Waals surface area contributed by atoms with E-state index in [4.69, 9.17) is 16.7 Å². The molecule has 2 aromatic carbocycles. The fraction of sp³-hybridized carbons (Fsp3) is 0.143. The van der Waals surface area contributed by atoms with E-state index in [-0.39, 0.29) is 17.9 Å². The van der Waals surface area contributed by atoms with Gasteiger partial charge in [0.2, 0.25) is 11.8 Å². The summed E-state index contributed by atoms with van der Waals surface area (Å²) in [5.41, 5.74) is 2.47. The van der Waals surface area contributed by atoms with Crippen LogP contribution in [0.15, 0.2) is 48.5 Å². The van der Waals surface area contributed by atoms with Crippen LogP contribution >= 0.6 is 11.6 Å². The van der Waals surface area contributed by atoms with Gasteiger partial charge < -0.3 is 15.7 Å². The maximum absolute atomic E-state index is 12.9. The molecule has 0 spiro atoms. The second kappa shape index (κ2) is 7.64. The van der Waals surface area contributed by atoms with Gasteiger partial charge in [-0.2, -0.15) is 5.10 Å². The van der Waals surface area contributed by atoms with Crippen molar-refractivity contribution in [1.29, 1.82) is 0 Å². The number of aromatic nitrogens is 2. The molecule has 1 aliphatic rings. The SMILES string of the molecule is Cc1c(-c2cccc(Cl)c2)nn2c1NC(=O)C[C@@H]2C(=O)Nc1cccc(C(=O)O)c1. The molecule has 1 aromatic heterocycles. The summed E-state index contributed by atoms with van der Waals surface area (Å²) in [7, 11) is 0. The molecular formula is C21H17ClN4O4. The van der Waals surface area contributed by atoms with Crippen LogP contribution in [0.5, 0.6) is 0 Å². The Kier molecular flexibility index (Phi) is 5.01. The number of benzene rings is 2. The van der Waals surface area contributed by atoms with Crippen LogP contribution in [0.1, 0.15) is 28.4 Å². The van der Waals surface area contributed by atoms with Crippen LogP contribution in [0.4, 0.5) is 11.5 Å². The van der Waals surface area contributed by atoms with Crippen LogP contribution in [0, 0.1) is 6.92 Å². The smallest absolute Gasteiger partial charge is 0.335 e. The number of carboxylic acids is 1. The van der Waals surface area contributed by atoms with Crippen LogP contribution in [-0.4, -0.2) is 32.7 Å². The number of hydrogen-bond donors (Lipinski definition) is 3. The van der Waals surface area contributed by atoms with Gasteiger partial charge in [-0.05, 0) is 37.3 Å². The van der Waals surface area contributed by atoms with Crippen molar-refractivity contribution in [2.45, 2.75) is 19.4 Å². The Morgan fingerprint density at radius 1 is 1.23 bits per heavy atom. The highest BCUT2D eigenvalue weighted by atomic mass is 35.5. The molecule has 0 radical (unpaired) electrons. The quantitative estimate of drug-likeness (QED) is 0.590. The monoisotopic (exact) mass is 424 g/mol. The van der Waals surface area contributed by atoms with E-state index in [9.17, 15) is 14.4 Å². The second-order valence-corrected chi connectivity index (χ2v) is 7.36. The molecule has 0 saturated heterocycles. The standard InChI is InChI=1S/C21H17ClN4O4/c1-11-18(12-4-2-6-14(22)8-12)25-26-16(10-17(27)24-19(11)26)20(28)23-15-7-3-5-13(9-15)21(29)30/h2-9,16H,10H2,1H3,(H,23,28)(H,24,27)(H,29,30)/t16-/m1/s1. The van der Waals surface area contributed by atoms with E-state index >= 15 is 0 Å². The molecule has 152 valence electrons. The first-order valence-electron chi connectivity index (χ1n) is 9.12. The molecular weight excluding hydrogens is 408 g/mol. The first kappa shape index (κ1) is 19.7. The normalized spacial score (nSPS) is 15.3. The zero-order valence-electron chi connectivity index (χ0n) is 15.8. The zero-order chi connectivity index (χ0) is 21.4. The lowest BCUT2D eigenvalue weighted by Gasteiger charge is -2.24. The van der Waals surface area contributed by atoms with E-state index in [2.05, 4.69) is 15.7 Å². The van der Waals surface area contributed by atoms with Gasteiger partial charge in [-0.3, -0.25) is 9.59 Å². The lowest BCUT2D eigenvalue weighted by atomic mass is 10.1. The minimum Gasteiger partial charge on any atom is -0.478 e. The van der Waals surface area contributed by atoms with Crippen LogP contribution in [0.25, 0.3) is 11.3 Å². The van der Waals surface area contributed by atoms with Crippen molar-refractivity contribution in [3.8, 4) is 11.3 Å². The molecule has 0 saturated carbocycles. The molecule has 0 bridgehead atoms. The predicted molar refractivity (Wildman–Crippen MR) is 112 cm³/mol. The number of rotatable bonds is 4. The lowest BCUT2D eigenvalue weighted by molar-refractivity contribution is -0.125. The van der Waals surface area contributed by atoms with Gasteiger partial charge in [-0.1, -0.05) is 29.8 Å². The van der Waals surface area contributed by atoms with Crippen molar-refractivity contribution in [2.75, 3.05) is 10.6 Å². The summed E-state index contributed by atoms with van der Waals surface area (Å²) < 4.78 is 1.49. The fourth-order valence-corrected chi connectivity index (χ4v) is 3.60. The van der Waals surface area contributed by atoms with Crippen molar-refractivity contribution in [3.63, 3.8) is 0 Å². The van der Waals surface area contributed by atoms with E-state index in [1.807, 2.05) is 13.0 Å². The molecule has 1 aliphatic heterocycles. The Labute approximate surface area is 176 Å². The third-order valence-corrected chi connectivity index (χ3v) is 5.09. The number of fused-ring (bicyclic) bond motifs is 1. The Bertz CT molecular complexity index is 1190. The van der Waals surface area contributed by atoms with Crippen molar-refractivity contribution < 1.29 is 19.5 Å². The van der Waals surface area contributed by atoms with Gasteiger partial charge in [0.15, 0.2) is 0 Å². The molecule has 1 atom stereocenters. The highest BCUT2D eigenvalue weighted by Crippen LogP contribution is 2.35. The molecule has 0 aliphatic carbocycles. The summed E-state index contributed by atoms with van der Waals surface area (Å²) in [5, 5.41) is 19.7. The lowest BCUT2D eigenvalue weighted by Crippen LogP contribution is -2.36. The molecule has 9 heteroatoms. The highest BCUT2D eigenvalue weighted by Gasteiger charge is 2.34. The summed E-state index contributed by atoms with van der Waals surface area (Å²) in [6, 6.07) is 12.2.